The topological polar surface area (TPSA) is 32.8 Å². The average Bonchev–Trinajstić information content (AvgIpc) is 2.34. The first-order valence-corrected chi connectivity index (χ1v) is 7.07. The van der Waals surface area contributed by atoms with E-state index in [1.807, 2.05) is 13.8 Å². The third kappa shape index (κ3) is 5.46. The maximum absolute atomic E-state index is 11.4. The van der Waals surface area contributed by atoms with E-state index in [1.165, 1.54) is 0 Å². The summed E-state index contributed by atoms with van der Waals surface area (Å²) in [6.07, 6.45) is 0. The van der Waals surface area contributed by atoms with Gasteiger partial charge in [-0.3, -0.25) is 14.6 Å². The summed E-state index contributed by atoms with van der Waals surface area (Å²) in [5, 5.41) is 0. The number of carbonyl (C=O) groups excluding carboxylic acids is 1. The van der Waals surface area contributed by atoms with Crippen LogP contribution in [0.1, 0.15) is 27.7 Å². The number of Topliss-reactive ketones (excluding diaryl/α,β-unsaturated/α-hetero) is 1. The van der Waals surface area contributed by atoms with E-state index >= 15 is 0 Å². The molecular formula is C14H28N2O2. The molecule has 18 heavy (non-hydrogen) atoms. The molecule has 1 saturated heterocycles. The van der Waals surface area contributed by atoms with Crippen LogP contribution in [0.15, 0.2) is 0 Å². The lowest BCUT2D eigenvalue weighted by Gasteiger charge is -2.36. The number of hydrogen-bond acceptors (Lipinski definition) is 4. The van der Waals surface area contributed by atoms with Crippen molar-refractivity contribution in [3.63, 3.8) is 0 Å². The molecule has 0 aliphatic carbocycles. The van der Waals surface area contributed by atoms with Crippen LogP contribution in [-0.2, 0) is 9.53 Å². The van der Waals surface area contributed by atoms with Crippen molar-refractivity contribution in [3.05, 3.63) is 0 Å². The largest absolute Gasteiger partial charge is 0.372 e. The number of piperazine rings is 1. The van der Waals surface area contributed by atoms with Crippen molar-refractivity contribution in [2.45, 2.75) is 33.7 Å². The van der Waals surface area contributed by atoms with Crippen molar-refractivity contribution >= 4 is 5.78 Å². The van der Waals surface area contributed by atoms with E-state index in [9.17, 15) is 4.79 Å². The monoisotopic (exact) mass is 256 g/mol. The van der Waals surface area contributed by atoms with Crippen molar-refractivity contribution in [1.29, 1.82) is 0 Å². The number of carbonyl (C=O) groups is 1. The van der Waals surface area contributed by atoms with Crippen LogP contribution in [0.4, 0.5) is 0 Å². The molecule has 0 spiro atoms. The van der Waals surface area contributed by atoms with Gasteiger partial charge in [0.2, 0.25) is 0 Å². The van der Waals surface area contributed by atoms with E-state index in [-0.39, 0.29) is 18.3 Å². The molecule has 1 fully saturated rings. The third-order valence-corrected chi connectivity index (χ3v) is 3.58. The predicted octanol–water partition coefficient (Wildman–Crippen LogP) is 1.25. The molecule has 106 valence electrons. The van der Waals surface area contributed by atoms with Gasteiger partial charge < -0.3 is 4.74 Å². The molecular weight excluding hydrogens is 228 g/mol. The van der Waals surface area contributed by atoms with Crippen molar-refractivity contribution < 1.29 is 9.53 Å². The van der Waals surface area contributed by atoms with E-state index in [2.05, 4.69) is 23.6 Å². The van der Waals surface area contributed by atoms with Gasteiger partial charge in [0, 0.05) is 44.7 Å². The molecule has 0 aromatic carbocycles. The number of ether oxygens (including phenoxy) is 1. The first-order valence-electron chi connectivity index (χ1n) is 7.07. The van der Waals surface area contributed by atoms with E-state index in [1.54, 1.807) is 0 Å². The van der Waals surface area contributed by atoms with Gasteiger partial charge in [-0.05, 0) is 13.8 Å². The van der Waals surface area contributed by atoms with E-state index in [4.69, 9.17) is 4.74 Å². The van der Waals surface area contributed by atoms with E-state index < -0.39 is 0 Å². The Hall–Kier alpha value is -0.450. The molecule has 0 aromatic rings. The Morgan fingerprint density at radius 1 is 1.11 bits per heavy atom. The highest BCUT2D eigenvalue weighted by Crippen LogP contribution is 2.05. The van der Waals surface area contributed by atoms with Crippen LogP contribution in [0, 0.1) is 5.92 Å². The fraction of sp³-hybridized carbons (Fsp3) is 0.929. The molecule has 0 aromatic heterocycles. The molecule has 4 nitrogen and oxygen atoms in total. The Bertz CT molecular complexity index is 246. The SMILES string of the molecule is CC(C)C(=O)COCCN1CCN(C(C)C)CC1. The molecule has 1 aliphatic rings. The Balaban J connectivity index is 2.06. The zero-order valence-corrected chi connectivity index (χ0v) is 12.3. The Morgan fingerprint density at radius 2 is 1.72 bits per heavy atom. The van der Waals surface area contributed by atoms with Gasteiger partial charge in [0.1, 0.15) is 6.61 Å². The molecule has 0 N–H and O–H groups in total. The molecule has 0 bridgehead atoms. The zero-order valence-electron chi connectivity index (χ0n) is 12.3. The summed E-state index contributed by atoms with van der Waals surface area (Å²) in [5.41, 5.74) is 0. The van der Waals surface area contributed by atoms with E-state index in [0.29, 0.717) is 12.6 Å². The lowest BCUT2D eigenvalue weighted by Crippen LogP contribution is -2.49. The second-order valence-corrected chi connectivity index (χ2v) is 5.64. The molecule has 1 aliphatic heterocycles. The summed E-state index contributed by atoms with van der Waals surface area (Å²) < 4.78 is 5.43. The average molecular weight is 256 g/mol. The quantitative estimate of drug-likeness (QED) is 0.642. The summed E-state index contributed by atoms with van der Waals surface area (Å²) in [6.45, 7) is 14.7. The van der Waals surface area contributed by atoms with Crippen LogP contribution >= 0.6 is 0 Å². The van der Waals surface area contributed by atoms with Crippen LogP contribution in [0.5, 0.6) is 0 Å². The van der Waals surface area contributed by atoms with Gasteiger partial charge in [-0.15, -0.1) is 0 Å². The zero-order chi connectivity index (χ0) is 13.5. The van der Waals surface area contributed by atoms with E-state index in [0.717, 1.165) is 32.7 Å². The van der Waals surface area contributed by atoms with Crippen molar-refractivity contribution in [3.8, 4) is 0 Å². The number of nitrogens with zero attached hydrogens (tertiary/aromatic N) is 2. The van der Waals surface area contributed by atoms with Crippen LogP contribution in [0.2, 0.25) is 0 Å². The molecule has 0 unspecified atom stereocenters. The van der Waals surface area contributed by atoms with Crippen molar-refractivity contribution in [1.82, 2.24) is 9.80 Å². The predicted molar refractivity (Wildman–Crippen MR) is 73.8 cm³/mol. The minimum absolute atomic E-state index is 0.0830. The fourth-order valence-corrected chi connectivity index (χ4v) is 2.04. The Labute approximate surface area is 111 Å². The van der Waals surface area contributed by atoms with Gasteiger partial charge in [0.25, 0.3) is 0 Å². The summed E-state index contributed by atoms with van der Waals surface area (Å²) >= 11 is 0. The maximum Gasteiger partial charge on any atom is 0.160 e. The lowest BCUT2D eigenvalue weighted by molar-refractivity contribution is -0.126. The maximum atomic E-state index is 11.4. The van der Waals surface area contributed by atoms with Crippen LogP contribution < -0.4 is 0 Å². The van der Waals surface area contributed by atoms with Gasteiger partial charge >= 0.3 is 0 Å². The summed E-state index contributed by atoms with van der Waals surface area (Å²) in [6, 6.07) is 0.645. The molecule has 0 saturated carbocycles. The molecule has 0 amide bonds. The van der Waals surface area contributed by atoms with Crippen molar-refractivity contribution in [2.75, 3.05) is 45.9 Å². The molecule has 1 heterocycles. The van der Waals surface area contributed by atoms with Gasteiger partial charge in [0.05, 0.1) is 6.61 Å². The molecule has 4 heteroatoms. The van der Waals surface area contributed by atoms with Gasteiger partial charge in [0.15, 0.2) is 5.78 Å². The minimum Gasteiger partial charge on any atom is -0.372 e. The summed E-state index contributed by atoms with van der Waals surface area (Å²) in [4.78, 5) is 16.3. The van der Waals surface area contributed by atoms with Gasteiger partial charge in [-0.1, -0.05) is 13.8 Å². The van der Waals surface area contributed by atoms with Gasteiger partial charge in [-0.25, -0.2) is 0 Å². The Kier molecular flexibility index (Phi) is 6.82. The highest BCUT2D eigenvalue weighted by Gasteiger charge is 2.18. The number of hydrogen-bond donors (Lipinski definition) is 0. The summed E-state index contributed by atoms with van der Waals surface area (Å²) in [7, 11) is 0. The van der Waals surface area contributed by atoms with Crippen LogP contribution in [-0.4, -0.2) is 67.6 Å². The number of rotatable bonds is 7. The smallest absolute Gasteiger partial charge is 0.160 e. The second-order valence-electron chi connectivity index (χ2n) is 5.64. The van der Waals surface area contributed by atoms with Crippen molar-refractivity contribution in [2.24, 2.45) is 5.92 Å². The highest BCUT2D eigenvalue weighted by molar-refractivity contribution is 5.81. The molecule has 0 atom stereocenters. The number of ketones is 1. The first kappa shape index (κ1) is 15.6. The standard InChI is InChI=1S/C14H28N2O2/c1-12(2)14(17)11-18-10-9-15-5-7-16(8-6-15)13(3)4/h12-13H,5-11H2,1-4H3. The fourth-order valence-electron chi connectivity index (χ4n) is 2.04. The second kappa shape index (κ2) is 7.87. The normalized spacial score (nSPS) is 18.8. The van der Waals surface area contributed by atoms with Gasteiger partial charge in [-0.2, -0.15) is 0 Å². The Morgan fingerprint density at radius 3 is 2.22 bits per heavy atom. The summed E-state index contributed by atoms with van der Waals surface area (Å²) in [5.74, 6) is 0.277. The third-order valence-electron chi connectivity index (χ3n) is 3.58. The van der Waals surface area contributed by atoms with Crippen LogP contribution in [0.25, 0.3) is 0 Å². The van der Waals surface area contributed by atoms with Crippen LogP contribution in [0.3, 0.4) is 0 Å². The first-order chi connectivity index (χ1) is 8.50. The highest BCUT2D eigenvalue weighted by atomic mass is 16.5. The lowest BCUT2D eigenvalue weighted by atomic mass is 10.1. The molecule has 1 rings (SSSR count). The minimum atomic E-state index is 0.0830. The molecule has 0 radical (unpaired) electrons.